The summed E-state index contributed by atoms with van der Waals surface area (Å²) in [6, 6.07) is 6.10. The van der Waals surface area contributed by atoms with E-state index in [1.54, 1.807) is 0 Å². The third-order valence-corrected chi connectivity index (χ3v) is 6.16. The van der Waals surface area contributed by atoms with E-state index >= 15 is 0 Å². The van der Waals surface area contributed by atoms with E-state index in [9.17, 15) is 5.11 Å². The first-order valence-electron chi connectivity index (χ1n) is 10.9. The van der Waals surface area contributed by atoms with E-state index in [-0.39, 0.29) is 0 Å². The Balaban J connectivity index is 2.05. The Labute approximate surface area is 177 Å². The number of rotatable bonds is 6. The van der Waals surface area contributed by atoms with E-state index in [1.165, 1.54) is 5.56 Å². The first-order chi connectivity index (χ1) is 14.4. The summed E-state index contributed by atoms with van der Waals surface area (Å²) in [6.45, 7) is 12.5. The molecule has 4 rings (SSSR count). The zero-order chi connectivity index (χ0) is 21.6. The summed E-state index contributed by atoms with van der Waals surface area (Å²) in [7, 11) is 0. The second-order valence-corrected chi connectivity index (χ2v) is 8.16. The van der Waals surface area contributed by atoms with Crippen LogP contribution in [0, 0.1) is 20.8 Å². The van der Waals surface area contributed by atoms with Gasteiger partial charge in [0.15, 0.2) is 5.65 Å². The first-order valence-corrected chi connectivity index (χ1v) is 10.9. The maximum Gasteiger partial charge on any atom is 0.158 e. The molecule has 0 saturated carbocycles. The van der Waals surface area contributed by atoms with Gasteiger partial charge < -0.3 is 5.11 Å². The van der Waals surface area contributed by atoms with Crippen LogP contribution in [-0.4, -0.2) is 29.1 Å². The molecule has 0 amide bonds. The molecule has 1 unspecified atom stereocenters. The summed E-state index contributed by atoms with van der Waals surface area (Å²) in [5.74, 6) is 0.457. The molecule has 30 heavy (non-hydrogen) atoms. The lowest BCUT2D eigenvalue weighted by molar-refractivity contribution is 0.174. The molecule has 0 aliphatic heterocycles. The van der Waals surface area contributed by atoms with Crippen molar-refractivity contribution in [2.75, 3.05) is 0 Å². The lowest BCUT2D eigenvalue weighted by atomic mass is 9.95. The average Bonchev–Trinajstić information content (AvgIpc) is 3.23. The molecule has 1 atom stereocenters. The third-order valence-electron chi connectivity index (χ3n) is 6.16. The number of imidazole rings is 2. The van der Waals surface area contributed by atoms with Crippen molar-refractivity contribution in [2.24, 2.45) is 0 Å². The minimum atomic E-state index is -0.534. The number of nitrogens with zero attached hydrogens (tertiary/aromatic N) is 5. The van der Waals surface area contributed by atoms with Crippen LogP contribution in [0.3, 0.4) is 0 Å². The lowest BCUT2D eigenvalue weighted by Crippen LogP contribution is -2.06. The number of aryl methyl sites for hydroxylation is 3. The molecule has 6 heteroatoms. The van der Waals surface area contributed by atoms with Gasteiger partial charge in [0.05, 0.1) is 28.9 Å². The Kier molecular flexibility index (Phi) is 5.36. The molecular formula is C24H31N5O. The van der Waals surface area contributed by atoms with Crippen LogP contribution in [0.2, 0.25) is 0 Å². The fourth-order valence-electron chi connectivity index (χ4n) is 4.55. The van der Waals surface area contributed by atoms with Crippen molar-refractivity contribution in [3.63, 3.8) is 0 Å². The summed E-state index contributed by atoms with van der Waals surface area (Å²) < 4.78 is 4.07. The van der Waals surface area contributed by atoms with Gasteiger partial charge in [0.2, 0.25) is 0 Å². The molecule has 158 valence electrons. The maximum absolute atomic E-state index is 10.5. The monoisotopic (exact) mass is 405 g/mol. The highest BCUT2D eigenvalue weighted by molar-refractivity contribution is 5.71. The van der Waals surface area contributed by atoms with Crippen LogP contribution in [0.1, 0.15) is 80.3 Å². The van der Waals surface area contributed by atoms with Gasteiger partial charge >= 0.3 is 0 Å². The van der Waals surface area contributed by atoms with Crippen molar-refractivity contribution >= 4 is 11.3 Å². The van der Waals surface area contributed by atoms with Gasteiger partial charge in [-0.15, -0.1) is 0 Å². The Bertz CT molecular complexity index is 1220. The van der Waals surface area contributed by atoms with Crippen LogP contribution >= 0.6 is 0 Å². The van der Waals surface area contributed by atoms with Crippen LogP contribution in [0.5, 0.6) is 0 Å². The van der Waals surface area contributed by atoms with Gasteiger partial charge in [0.1, 0.15) is 11.3 Å². The fraction of sp³-hybridized carbons (Fsp3) is 0.458. The van der Waals surface area contributed by atoms with E-state index in [0.717, 1.165) is 58.2 Å². The SMILES string of the molecule is CCC(O)c1cccn2c(-c3c(C)nc4c(C(CC)CC)cc(C)nn34)c(C)nc12. The van der Waals surface area contributed by atoms with E-state index < -0.39 is 6.10 Å². The van der Waals surface area contributed by atoms with Crippen molar-refractivity contribution in [1.29, 1.82) is 0 Å². The van der Waals surface area contributed by atoms with E-state index in [4.69, 9.17) is 15.1 Å². The first kappa shape index (κ1) is 20.5. The molecule has 0 saturated heterocycles. The lowest BCUT2D eigenvalue weighted by Gasteiger charge is -2.15. The van der Waals surface area contributed by atoms with Crippen LogP contribution < -0.4 is 0 Å². The zero-order valence-corrected chi connectivity index (χ0v) is 18.8. The predicted octanol–water partition coefficient (Wildman–Crippen LogP) is 5.32. The maximum atomic E-state index is 10.5. The molecule has 0 aliphatic carbocycles. The van der Waals surface area contributed by atoms with Gasteiger partial charge in [-0.05, 0) is 58.1 Å². The predicted molar refractivity (Wildman–Crippen MR) is 120 cm³/mol. The molecule has 4 aromatic rings. The Morgan fingerprint density at radius 2 is 1.57 bits per heavy atom. The second kappa shape index (κ2) is 7.84. The molecule has 4 aromatic heterocycles. The topological polar surface area (TPSA) is 67.7 Å². The molecule has 0 spiro atoms. The van der Waals surface area contributed by atoms with Crippen molar-refractivity contribution < 1.29 is 5.11 Å². The molecular weight excluding hydrogens is 374 g/mol. The summed E-state index contributed by atoms with van der Waals surface area (Å²) in [5.41, 5.74) is 8.61. The van der Waals surface area contributed by atoms with Gasteiger partial charge in [-0.3, -0.25) is 4.40 Å². The smallest absolute Gasteiger partial charge is 0.158 e. The van der Waals surface area contributed by atoms with Gasteiger partial charge in [-0.25, -0.2) is 14.5 Å². The highest BCUT2D eigenvalue weighted by Crippen LogP contribution is 2.34. The van der Waals surface area contributed by atoms with Crippen molar-refractivity contribution in [3.8, 4) is 11.4 Å². The standard InChI is InChI=1S/C24H31N5O/c1-7-17(8-2)19-13-14(4)27-29-22(16(6)26-24(19)29)21-15(5)25-23-18(20(30)9-3)11-10-12-28(21)23/h10-13,17,20,30H,7-9H2,1-6H3. The average molecular weight is 406 g/mol. The van der Waals surface area contributed by atoms with E-state index in [1.807, 2.05) is 50.5 Å². The van der Waals surface area contributed by atoms with Crippen molar-refractivity contribution in [3.05, 3.63) is 52.6 Å². The summed E-state index contributed by atoms with van der Waals surface area (Å²) in [4.78, 5) is 9.79. The van der Waals surface area contributed by atoms with E-state index in [0.29, 0.717) is 12.3 Å². The minimum Gasteiger partial charge on any atom is -0.388 e. The number of pyridine rings is 1. The molecule has 1 N–H and O–H groups in total. The molecule has 0 radical (unpaired) electrons. The van der Waals surface area contributed by atoms with Gasteiger partial charge in [0, 0.05) is 17.3 Å². The molecule has 0 bridgehead atoms. The Hall–Kier alpha value is -2.73. The highest BCUT2D eigenvalue weighted by Gasteiger charge is 2.24. The largest absolute Gasteiger partial charge is 0.388 e. The second-order valence-electron chi connectivity index (χ2n) is 8.16. The highest BCUT2D eigenvalue weighted by atomic mass is 16.3. The number of aromatic nitrogens is 5. The van der Waals surface area contributed by atoms with Crippen molar-refractivity contribution in [2.45, 2.75) is 72.8 Å². The quantitative estimate of drug-likeness (QED) is 0.472. The molecule has 0 aromatic carbocycles. The normalized spacial score (nSPS) is 13.1. The number of fused-ring (bicyclic) bond motifs is 2. The van der Waals surface area contributed by atoms with Crippen LogP contribution in [0.4, 0.5) is 0 Å². The van der Waals surface area contributed by atoms with Crippen LogP contribution in [0.25, 0.3) is 22.7 Å². The fourth-order valence-corrected chi connectivity index (χ4v) is 4.55. The number of aliphatic hydroxyl groups excluding tert-OH is 1. The summed E-state index contributed by atoms with van der Waals surface area (Å²) in [5, 5.41) is 15.3. The number of aliphatic hydroxyl groups is 1. The number of hydrogen-bond donors (Lipinski definition) is 1. The molecule has 0 aliphatic rings. The van der Waals surface area contributed by atoms with E-state index in [2.05, 4.69) is 24.3 Å². The van der Waals surface area contributed by atoms with Gasteiger partial charge in [-0.2, -0.15) is 5.10 Å². The zero-order valence-electron chi connectivity index (χ0n) is 18.8. The van der Waals surface area contributed by atoms with Crippen LogP contribution in [0.15, 0.2) is 24.4 Å². The van der Waals surface area contributed by atoms with Crippen LogP contribution in [-0.2, 0) is 0 Å². The molecule has 6 nitrogen and oxygen atoms in total. The Morgan fingerprint density at radius 3 is 2.23 bits per heavy atom. The minimum absolute atomic E-state index is 0.457. The summed E-state index contributed by atoms with van der Waals surface area (Å²) in [6.07, 6.45) is 4.27. The third kappa shape index (κ3) is 3.10. The molecule has 0 fully saturated rings. The number of hydrogen-bond acceptors (Lipinski definition) is 4. The van der Waals surface area contributed by atoms with Gasteiger partial charge in [0.25, 0.3) is 0 Å². The van der Waals surface area contributed by atoms with Gasteiger partial charge in [-0.1, -0.05) is 26.8 Å². The Morgan fingerprint density at radius 1 is 0.900 bits per heavy atom. The summed E-state index contributed by atoms with van der Waals surface area (Å²) >= 11 is 0. The molecule has 4 heterocycles. The van der Waals surface area contributed by atoms with Crippen molar-refractivity contribution in [1.82, 2.24) is 24.0 Å².